The summed E-state index contributed by atoms with van der Waals surface area (Å²) in [5.41, 5.74) is -0.168. The van der Waals surface area contributed by atoms with Gasteiger partial charge in [-0.3, -0.25) is 4.90 Å². The lowest BCUT2D eigenvalue weighted by Gasteiger charge is -2.18. The molecule has 1 aliphatic rings. The Morgan fingerprint density at radius 2 is 2.14 bits per heavy atom. The minimum Gasteiger partial charge on any atom is -0.476 e. The third-order valence-electron chi connectivity index (χ3n) is 3.37. The summed E-state index contributed by atoms with van der Waals surface area (Å²) in [4.78, 5) is 21.4. The summed E-state index contributed by atoms with van der Waals surface area (Å²) in [7, 11) is 1.73. The lowest BCUT2D eigenvalue weighted by atomic mass is 10.3. The van der Waals surface area contributed by atoms with Gasteiger partial charge in [0.1, 0.15) is 16.6 Å². The van der Waals surface area contributed by atoms with Crippen LogP contribution >= 0.6 is 11.6 Å². The predicted octanol–water partition coefficient (Wildman–Crippen LogP) is 3.37. The van der Waals surface area contributed by atoms with E-state index in [1.807, 2.05) is 13.0 Å². The van der Waals surface area contributed by atoms with Gasteiger partial charge in [0.2, 0.25) is 5.88 Å². The summed E-state index contributed by atoms with van der Waals surface area (Å²) in [5, 5.41) is 9.27. The van der Waals surface area contributed by atoms with Crippen LogP contribution in [0, 0.1) is 6.92 Å². The molecule has 2 aromatic rings. The smallest absolute Gasteiger partial charge is 0.356 e. The molecule has 0 radical (unpaired) electrons. The zero-order valence-electron chi connectivity index (χ0n) is 11.6. The number of aryl methyl sites for hydroxylation is 1. The van der Waals surface area contributed by atoms with E-state index >= 15 is 0 Å². The number of aromatic nitrogens is 2. The molecule has 1 N–H and O–H groups in total. The van der Waals surface area contributed by atoms with Gasteiger partial charge in [-0.15, -0.1) is 0 Å². The molecule has 0 aliphatic heterocycles. The van der Waals surface area contributed by atoms with Gasteiger partial charge < -0.3 is 9.52 Å². The van der Waals surface area contributed by atoms with Gasteiger partial charge in [-0.05, 0) is 25.8 Å². The molecule has 1 fully saturated rings. The standard InChI is InChI=1S/C14H14ClN3O3/c1-7-3-6-9(21-7)18(2)13-10(15)11(14(19)20)16-12(17-13)8-4-5-8/h3,6,8H,4-5H2,1-2H3,(H,19,20). The van der Waals surface area contributed by atoms with E-state index in [4.69, 9.17) is 16.0 Å². The van der Waals surface area contributed by atoms with Gasteiger partial charge in [0.25, 0.3) is 0 Å². The number of anilines is 2. The molecule has 0 spiro atoms. The molecule has 0 unspecified atom stereocenters. The fraction of sp³-hybridized carbons (Fsp3) is 0.357. The average molecular weight is 308 g/mol. The Labute approximate surface area is 126 Å². The van der Waals surface area contributed by atoms with Crippen LogP contribution < -0.4 is 4.90 Å². The lowest BCUT2D eigenvalue weighted by molar-refractivity contribution is 0.0690. The number of carbonyl (C=O) groups is 1. The Morgan fingerprint density at radius 1 is 1.43 bits per heavy atom. The molecular formula is C14H14ClN3O3. The van der Waals surface area contributed by atoms with Crippen LogP contribution in [0.15, 0.2) is 16.5 Å². The second-order valence-corrected chi connectivity index (χ2v) is 5.47. The number of halogens is 1. The summed E-state index contributed by atoms with van der Waals surface area (Å²) < 4.78 is 5.53. The molecule has 0 atom stereocenters. The molecular weight excluding hydrogens is 294 g/mol. The van der Waals surface area contributed by atoms with Crippen molar-refractivity contribution < 1.29 is 14.3 Å². The Morgan fingerprint density at radius 3 is 2.67 bits per heavy atom. The number of hydrogen-bond acceptors (Lipinski definition) is 5. The number of nitrogens with zero attached hydrogens (tertiary/aromatic N) is 3. The molecule has 0 aromatic carbocycles. The van der Waals surface area contributed by atoms with Crippen LogP contribution in [0.25, 0.3) is 0 Å². The van der Waals surface area contributed by atoms with E-state index in [9.17, 15) is 9.90 Å². The molecule has 6 nitrogen and oxygen atoms in total. The summed E-state index contributed by atoms with van der Waals surface area (Å²) in [6, 6.07) is 3.60. The van der Waals surface area contributed by atoms with Crippen molar-refractivity contribution in [3.05, 3.63) is 34.4 Å². The predicted molar refractivity (Wildman–Crippen MR) is 77.5 cm³/mol. The van der Waals surface area contributed by atoms with Gasteiger partial charge in [-0.1, -0.05) is 11.6 Å². The molecule has 0 amide bonds. The minimum atomic E-state index is -1.16. The van der Waals surface area contributed by atoms with Crippen molar-refractivity contribution in [1.29, 1.82) is 0 Å². The lowest BCUT2D eigenvalue weighted by Crippen LogP contribution is -2.16. The third-order valence-corrected chi connectivity index (χ3v) is 3.72. The van der Waals surface area contributed by atoms with Crippen molar-refractivity contribution >= 4 is 29.3 Å². The topological polar surface area (TPSA) is 79.5 Å². The van der Waals surface area contributed by atoms with Gasteiger partial charge in [0.05, 0.1) is 0 Å². The number of carboxylic acids is 1. The third kappa shape index (κ3) is 2.58. The van der Waals surface area contributed by atoms with E-state index in [1.54, 1.807) is 18.0 Å². The molecule has 1 saturated carbocycles. The van der Waals surface area contributed by atoms with Gasteiger partial charge in [-0.25, -0.2) is 14.8 Å². The summed E-state index contributed by atoms with van der Waals surface area (Å²) >= 11 is 6.16. The monoisotopic (exact) mass is 307 g/mol. The molecule has 110 valence electrons. The van der Waals surface area contributed by atoms with Gasteiger partial charge in [-0.2, -0.15) is 0 Å². The maximum Gasteiger partial charge on any atom is 0.356 e. The van der Waals surface area contributed by atoms with E-state index in [-0.39, 0.29) is 16.6 Å². The molecule has 2 aromatic heterocycles. The zero-order valence-corrected chi connectivity index (χ0v) is 12.4. The number of aromatic carboxylic acids is 1. The summed E-state index contributed by atoms with van der Waals surface area (Å²) in [5.74, 6) is 1.25. The van der Waals surface area contributed by atoms with E-state index in [2.05, 4.69) is 9.97 Å². The quantitative estimate of drug-likeness (QED) is 0.932. The van der Waals surface area contributed by atoms with E-state index < -0.39 is 5.97 Å². The van der Waals surface area contributed by atoms with Gasteiger partial charge in [0, 0.05) is 19.0 Å². The zero-order chi connectivity index (χ0) is 15.1. The first-order valence-electron chi connectivity index (χ1n) is 6.58. The van der Waals surface area contributed by atoms with E-state index in [0.717, 1.165) is 18.6 Å². The summed E-state index contributed by atoms with van der Waals surface area (Å²) in [6.07, 6.45) is 1.95. The van der Waals surface area contributed by atoms with Crippen LogP contribution in [0.3, 0.4) is 0 Å². The van der Waals surface area contributed by atoms with Crippen LogP contribution in [0.4, 0.5) is 11.7 Å². The van der Waals surface area contributed by atoms with Crippen LogP contribution in [0.1, 0.15) is 40.8 Å². The van der Waals surface area contributed by atoms with Crippen LogP contribution in [0.2, 0.25) is 5.02 Å². The first kappa shape index (κ1) is 13.9. The Kier molecular flexibility index (Phi) is 3.33. The maximum absolute atomic E-state index is 11.3. The molecule has 7 heteroatoms. The Hall–Kier alpha value is -2.08. The molecule has 21 heavy (non-hydrogen) atoms. The largest absolute Gasteiger partial charge is 0.476 e. The Balaban J connectivity index is 2.09. The molecule has 0 saturated heterocycles. The normalized spacial score (nSPS) is 14.2. The van der Waals surface area contributed by atoms with E-state index in [1.165, 1.54) is 0 Å². The molecule has 1 aliphatic carbocycles. The Bertz CT molecular complexity index is 709. The second kappa shape index (κ2) is 5.04. The summed E-state index contributed by atoms with van der Waals surface area (Å²) in [6.45, 7) is 1.83. The van der Waals surface area contributed by atoms with Crippen molar-refractivity contribution in [2.45, 2.75) is 25.7 Å². The number of rotatable bonds is 4. The molecule has 3 rings (SSSR count). The highest BCUT2D eigenvalue weighted by Gasteiger charge is 2.31. The van der Waals surface area contributed by atoms with Crippen LogP contribution in [-0.4, -0.2) is 28.1 Å². The van der Waals surface area contributed by atoms with Crippen molar-refractivity contribution in [2.24, 2.45) is 0 Å². The number of carboxylic acid groups (broad SMARTS) is 1. The van der Waals surface area contributed by atoms with Gasteiger partial charge in [0.15, 0.2) is 11.5 Å². The molecule has 2 heterocycles. The van der Waals surface area contributed by atoms with Crippen LogP contribution in [0.5, 0.6) is 0 Å². The van der Waals surface area contributed by atoms with Crippen molar-refractivity contribution in [3.63, 3.8) is 0 Å². The van der Waals surface area contributed by atoms with Gasteiger partial charge >= 0.3 is 5.97 Å². The minimum absolute atomic E-state index is 0.0171. The van der Waals surface area contributed by atoms with Crippen molar-refractivity contribution in [3.8, 4) is 0 Å². The highest BCUT2D eigenvalue weighted by atomic mass is 35.5. The van der Waals surface area contributed by atoms with Crippen LogP contribution in [-0.2, 0) is 0 Å². The molecule has 0 bridgehead atoms. The average Bonchev–Trinajstić information content (AvgIpc) is 3.20. The second-order valence-electron chi connectivity index (χ2n) is 5.09. The number of hydrogen-bond donors (Lipinski definition) is 1. The van der Waals surface area contributed by atoms with Crippen molar-refractivity contribution in [1.82, 2.24) is 9.97 Å². The van der Waals surface area contributed by atoms with Crippen molar-refractivity contribution in [2.75, 3.05) is 11.9 Å². The highest BCUT2D eigenvalue weighted by Crippen LogP contribution is 2.41. The first-order valence-corrected chi connectivity index (χ1v) is 6.96. The highest BCUT2D eigenvalue weighted by molar-refractivity contribution is 6.35. The maximum atomic E-state index is 11.3. The van der Waals surface area contributed by atoms with E-state index in [0.29, 0.717) is 17.5 Å². The number of furan rings is 1. The first-order chi connectivity index (χ1) is 9.97. The SMILES string of the molecule is Cc1ccc(N(C)c2nc(C3CC3)nc(C(=O)O)c2Cl)o1. The fourth-order valence-electron chi connectivity index (χ4n) is 2.05. The fourth-order valence-corrected chi connectivity index (χ4v) is 2.34.